The predicted octanol–water partition coefficient (Wildman–Crippen LogP) is 2.48. The first kappa shape index (κ1) is 13.4. The number of aryl methyl sites for hydroxylation is 1. The number of nitrogens with two attached hydrogens (primary N) is 1. The molecule has 0 saturated heterocycles. The van der Waals surface area contributed by atoms with E-state index in [4.69, 9.17) is 14.9 Å². The van der Waals surface area contributed by atoms with Gasteiger partial charge in [0.2, 0.25) is 5.78 Å². The van der Waals surface area contributed by atoms with E-state index in [0.29, 0.717) is 23.8 Å². The van der Waals surface area contributed by atoms with Gasteiger partial charge in [-0.15, -0.1) is 0 Å². The molecule has 0 amide bonds. The summed E-state index contributed by atoms with van der Waals surface area (Å²) in [6.07, 6.45) is 0.252. The lowest BCUT2D eigenvalue weighted by atomic mass is 10.0. The molecule has 0 saturated carbocycles. The van der Waals surface area contributed by atoms with Crippen LogP contribution in [-0.4, -0.2) is 12.9 Å². The van der Waals surface area contributed by atoms with E-state index in [-0.39, 0.29) is 12.2 Å². The Morgan fingerprint density at radius 1 is 1.32 bits per heavy atom. The van der Waals surface area contributed by atoms with Gasteiger partial charge in [0.05, 0.1) is 13.7 Å². The summed E-state index contributed by atoms with van der Waals surface area (Å²) in [5.74, 6) is 1.58. The van der Waals surface area contributed by atoms with Crippen molar-refractivity contribution in [3.63, 3.8) is 0 Å². The van der Waals surface area contributed by atoms with E-state index in [0.717, 1.165) is 11.1 Å². The van der Waals surface area contributed by atoms with Gasteiger partial charge in [-0.3, -0.25) is 4.79 Å². The highest BCUT2D eigenvalue weighted by Gasteiger charge is 2.14. The van der Waals surface area contributed by atoms with Gasteiger partial charge in [0.1, 0.15) is 11.5 Å². The highest BCUT2D eigenvalue weighted by atomic mass is 16.5. The third kappa shape index (κ3) is 3.03. The molecule has 100 valence electrons. The van der Waals surface area contributed by atoms with Crippen LogP contribution in [0.3, 0.4) is 0 Å². The average molecular weight is 259 g/mol. The molecule has 0 fully saturated rings. The van der Waals surface area contributed by atoms with Gasteiger partial charge in [-0.1, -0.05) is 17.7 Å². The maximum Gasteiger partial charge on any atom is 0.202 e. The zero-order chi connectivity index (χ0) is 13.8. The van der Waals surface area contributed by atoms with E-state index in [1.54, 1.807) is 19.2 Å². The highest BCUT2D eigenvalue weighted by Crippen LogP contribution is 2.22. The second kappa shape index (κ2) is 5.71. The van der Waals surface area contributed by atoms with E-state index in [1.165, 1.54) is 0 Å². The molecule has 0 aliphatic carbocycles. The first-order valence-corrected chi connectivity index (χ1v) is 6.09. The molecule has 0 atom stereocenters. The predicted molar refractivity (Wildman–Crippen MR) is 72.4 cm³/mol. The molecule has 2 N–H and O–H groups in total. The van der Waals surface area contributed by atoms with Gasteiger partial charge in [0.15, 0.2) is 5.76 Å². The molecule has 1 heterocycles. The van der Waals surface area contributed by atoms with Crippen LogP contribution in [0.4, 0.5) is 0 Å². The number of hydrogen-bond acceptors (Lipinski definition) is 4. The van der Waals surface area contributed by atoms with Gasteiger partial charge in [-0.05, 0) is 25.1 Å². The Labute approximate surface area is 112 Å². The lowest BCUT2D eigenvalue weighted by Crippen LogP contribution is -2.04. The lowest BCUT2D eigenvalue weighted by molar-refractivity contribution is 0.0964. The van der Waals surface area contributed by atoms with Crippen LogP contribution in [0, 0.1) is 6.92 Å². The minimum atomic E-state index is -0.0800. The molecule has 1 aromatic heterocycles. The van der Waals surface area contributed by atoms with Crippen molar-refractivity contribution < 1.29 is 13.9 Å². The third-order valence-corrected chi connectivity index (χ3v) is 2.92. The van der Waals surface area contributed by atoms with Crippen LogP contribution >= 0.6 is 0 Å². The molecule has 2 rings (SSSR count). The first-order chi connectivity index (χ1) is 9.13. The maximum atomic E-state index is 12.1. The maximum absolute atomic E-state index is 12.1. The molecule has 4 nitrogen and oxygen atoms in total. The molecule has 0 radical (unpaired) electrons. The van der Waals surface area contributed by atoms with Gasteiger partial charge < -0.3 is 14.9 Å². The smallest absolute Gasteiger partial charge is 0.202 e. The van der Waals surface area contributed by atoms with E-state index in [1.807, 2.05) is 25.1 Å². The largest absolute Gasteiger partial charge is 0.496 e. The van der Waals surface area contributed by atoms with Crippen molar-refractivity contribution in [2.75, 3.05) is 7.11 Å². The van der Waals surface area contributed by atoms with Crippen LogP contribution in [0.25, 0.3) is 0 Å². The number of hydrogen-bond donors (Lipinski definition) is 1. The standard InChI is InChI=1S/C15H17NO3/c1-10-3-5-14(18-2)11(7-10)8-13(17)15-6-4-12(9-16)19-15/h3-7H,8-9,16H2,1-2H3. The number of benzene rings is 1. The van der Waals surface area contributed by atoms with Gasteiger partial charge in [-0.25, -0.2) is 0 Å². The van der Waals surface area contributed by atoms with E-state index in [2.05, 4.69) is 0 Å². The number of rotatable bonds is 5. The summed E-state index contributed by atoms with van der Waals surface area (Å²) < 4.78 is 10.6. The monoisotopic (exact) mass is 259 g/mol. The molecule has 0 spiro atoms. The Hall–Kier alpha value is -2.07. The number of furan rings is 1. The van der Waals surface area contributed by atoms with Crippen LogP contribution in [0.2, 0.25) is 0 Å². The molecule has 4 heteroatoms. The first-order valence-electron chi connectivity index (χ1n) is 6.09. The Morgan fingerprint density at radius 2 is 2.11 bits per heavy atom. The molecule has 0 unspecified atom stereocenters. The lowest BCUT2D eigenvalue weighted by Gasteiger charge is -2.08. The van der Waals surface area contributed by atoms with E-state index >= 15 is 0 Å². The molecule has 2 aromatic rings. The molecule has 0 aliphatic heterocycles. The number of ether oxygens (including phenoxy) is 1. The Morgan fingerprint density at radius 3 is 2.74 bits per heavy atom. The van der Waals surface area contributed by atoms with Gasteiger partial charge in [0.25, 0.3) is 0 Å². The summed E-state index contributed by atoms with van der Waals surface area (Å²) in [4.78, 5) is 12.1. The molecular weight excluding hydrogens is 242 g/mol. The molecule has 0 bridgehead atoms. The minimum Gasteiger partial charge on any atom is -0.496 e. The second-order valence-corrected chi connectivity index (χ2v) is 4.39. The van der Waals surface area contributed by atoms with Crippen molar-refractivity contribution in [3.05, 3.63) is 53.0 Å². The van der Waals surface area contributed by atoms with Crippen molar-refractivity contribution in [3.8, 4) is 5.75 Å². The van der Waals surface area contributed by atoms with Crippen molar-refractivity contribution in [2.45, 2.75) is 19.9 Å². The van der Waals surface area contributed by atoms with Crippen LogP contribution in [0.1, 0.15) is 27.4 Å². The van der Waals surface area contributed by atoms with Crippen molar-refractivity contribution in [1.82, 2.24) is 0 Å². The molecule has 1 aromatic carbocycles. The minimum absolute atomic E-state index is 0.0800. The highest BCUT2D eigenvalue weighted by molar-refractivity contribution is 5.95. The number of ketones is 1. The fourth-order valence-electron chi connectivity index (χ4n) is 1.94. The van der Waals surface area contributed by atoms with E-state index < -0.39 is 0 Å². The SMILES string of the molecule is COc1ccc(C)cc1CC(=O)c1ccc(CN)o1. The fourth-order valence-corrected chi connectivity index (χ4v) is 1.94. The quantitative estimate of drug-likeness (QED) is 0.838. The van der Waals surface area contributed by atoms with Crippen molar-refractivity contribution in [1.29, 1.82) is 0 Å². The Kier molecular flexibility index (Phi) is 4.02. The number of carbonyl (C=O) groups is 1. The van der Waals surface area contributed by atoms with E-state index in [9.17, 15) is 4.79 Å². The zero-order valence-electron chi connectivity index (χ0n) is 11.1. The Bertz CT molecular complexity index is 587. The van der Waals surface area contributed by atoms with Crippen LogP contribution < -0.4 is 10.5 Å². The van der Waals surface area contributed by atoms with Gasteiger partial charge in [0, 0.05) is 12.0 Å². The zero-order valence-corrected chi connectivity index (χ0v) is 11.1. The molecular formula is C15H17NO3. The fraction of sp³-hybridized carbons (Fsp3) is 0.267. The summed E-state index contributed by atoms with van der Waals surface area (Å²) in [6.45, 7) is 2.27. The van der Waals surface area contributed by atoms with Crippen molar-refractivity contribution in [2.24, 2.45) is 5.73 Å². The number of methoxy groups -OCH3 is 1. The topological polar surface area (TPSA) is 65.5 Å². The summed E-state index contributed by atoms with van der Waals surface area (Å²) in [5, 5.41) is 0. The Balaban J connectivity index is 2.20. The van der Waals surface area contributed by atoms with Crippen molar-refractivity contribution >= 4 is 5.78 Å². The normalized spacial score (nSPS) is 10.5. The van der Waals surface area contributed by atoms with Crippen LogP contribution in [0.5, 0.6) is 5.75 Å². The molecule has 0 aliphatic rings. The van der Waals surface area contributed by atoms with Gasteiger partial charge >= 0.3 is 0 Å². The summed E-state index contributed by atoms with van der Waals surface area (Å²) >= 11 is 0. The van der Waals surface area contributed by atoms with Crippen LogP contribution in [-0.2, 0) is 13.0 Å². The third-order valence-electron chi connectivity index (χ3n) is 2.92. The summed E-state index contributed by atoms with van der Waals surface area (Å²) in [7, 11) is 1.60. The van der Waals surface area contributed by atoms with Gasteiger partial charge in [-0.2, -0.15) is 0 Å². The number of Topliss-reactive ketones (excluding diaryl/α,β-unsaturated/α-hetero) is 1. The second-order valence-electron chi connectivity index (χ2n) is 4.39. The summed E-state index contributed by atoms with van der Waals surface area (Å²) in [5.41, 5.74) is 7.40. The number of carbonyl (C=O) groups excluding carboxylic acids is 1. The van der Waals surface area contributed by atoms with Crippen LogP contribution in [0.15, 0.2) is 34.7 Å². The molecule has 19 heavy (non-hydrogen) atoms. The average Bonchev–Trinajstić information content (AvgIpc) is 2.88. The summed E-state index contributed by atoms with van der Waals surface area (Å²) in [6, 6.07) is 9.15.